The van der Waals surface area contributed by atoms with Crippen LogP contribution in [0.1, 0.15) is 22.6 Å². The fraction of sp³-hybridized carbons (Fsp3) is 0.227. The molecule has 2 aromatic heterocycles. The molecule has 0 unspecified atom stereocenters. The molecule has 0 saturated carbocycles. The van der Waals surface area contributed by atoms with Gasteiger partial charge in [0.25, 0.3) is 0 Å². The summed E-state index contributed by atoms with van der Waals surface area (Å²) in [6, 6.07) is 9.37. The van der Waals surface area contributed by atoms with Gasteiger partial charge in [-0.1, -0.05) is 6.07 Å². The highest BCUT2D eigenvalue weighted by Gasteiger charge is 2.16. The Bertz CT molecular complexity index is 1210. The van der Waals surface area contributed by atoms with E-state index in [4.69, 9.17) is 13.6 Å². The normalized spacial score (nSPS) is 11.0. The van der Waals surface area contributed by atoms with Gasteiger partial charge < -0.3 is 18.9 Å². The molecular formula is C22H21N3O4. The third kappa shape index (κ3) is 3.71. The van der Waals surface area contributed by atoms with Gasteiger partial charge in [0.05, 0.1) is 25.5 Å². The van der Waals surface area contributed by atoms with Crippen LogP contribution in [-0.2, 0) is 11.2 Å². The molecule has 0 aliphatic rings. The van der Waals surface area contributed by atoms with Crippen molar-refractivity contribution in [3.63, 3.8) is 0 Å². The number of fused-ring (bicyclic) bond motifs is 1. The van der Waals surface area contributed by atoms with Gasteiger partial charge in [-0.2, -0.15) is 0 Å². The predicted octanol–water partition coefficient (Wildman–Crippen LogP) is 4.60. The molecule has 0 fully saturated rings. The second kappa shape index (κ2) is 7.43. The Morgan fingerprint density at radius 3 is 2.69 bits per heavy atom. The molecule has 0 aliphatic carbocycles. The van der Waals surface area contributed by atoms with Gasteiger partial charge in [0.1, 0.15) is 11.3 Å². The zero-order chi connectivity index (χ0) is 20.5. The van der Waals surface area contributed by atoms with Crippen molar-refractivity contribution in [3.8, 4) is 17.2 Å². The summed E-state index contributed by atoms with van der Waals surface area (Å²) in [6.07, 6.45) is 1.83. The monoisotopic (exact) mass is 391 g/mol. The van der Waals surface area contributed by atoms with Gasteiger partial charge >= 0.3 is 0 Å². The Kier molecular flexibility index (Phi) is 4.80. The van der Waals surface area contributed by atoms with Crippen LogP contribution in [0.15, 0.2) is 45.4 Å². The minimum atomic E-state index is -0.176. The van der Waals surface area contributed by atoms with Crippen LogP contribution in [0.2, 0.25) is 0 Å². The summed E-state index contributed by atoms with van der Waals surface area (Å²) < 4.78 is 16.5. The van der Waals surface area contributed by atoms with Gasteiger partial charge in [-0.25, -0.2) is 0 Å². The van der Waals surface area contributed by atoms with Crippen LogP contribution in [0.25, 0.3) is 22.4 Å². The van der Waals surface area contributed by atoms with E-state index in [0.717, 1.165) is 27.7 Å². The average molecular weight is 391 g/mol. The van der Waals surface area contributed by atoms with Gasteiger partial charge in [-0.15, -0.1) is 10.2 Å². The summed E-state index contributed by atoms with van der Waals surface area (Å²) in [4.78, 5) is 12.8. The standard InChI is InChI=1S/C22H21N3O4/c1-12-7-13(2)21-16(11-28-19(21)8-12)10-20(26)23-17-9-15(5-6-18(17)27-4)22-25-24-14(3)29-22/h5-9,11H,10H2,1-4H3,(H,23,26). The molecule has 29 heavy (non-hydrogen) atoms. The first-order valence-corrected chi connectivity index (χ1v) is 9.20. The lowest BCUT2D eigenvalue weighted by atomic mass is 10.0. The summed E-state index contributed by atoms with van der Waals surface area (Å²) in [5.74, 6) is 1.22. The molecule has 2 heterocycles. The Hall–Kier alpha value is -3.61. The quantitative estimate of drug-likeness (QED) is 0.535. The van der Waals surface area contributed by atoms with Gasteiger partial charge in [0.2, 0.25) is 17.7 Å². The van der Waals surface area contributed by atoms with Crippen molar-refractivity contribution in [2.24, 2.45) is 0 Å². The van der Waals surface area contributed by atoms with Crippen LogP contribution >= 0.6 is 0 Å². The minimum Gasteiger partial charge on any atom is -0.495 e. The lowest BCUT2D eigenvalue weighted by molar-refractivity contribution is -0.115. The van der Waals surface area contributed by atoms with Gasteiger partial charge in [-0.05, 0) is 49.2 Å². The highest BCUT2D eigenvalue weighted by molar-refractivity contribution is 5.97. The Labute approximate surface area is 167 Å². The summed E-state index contributed by atoms with van der Waals surface area (Å²) in [7, 11) is 1.55. The number of carbonyl (C=O) groups is 1. The largest absolute Gasteiger partial charge is 0.495 e. The number of furan rings is 1. The van der Waals surface area contributed by atoms with Crippen molar-refractivity contribution in [2.75, 3.05) is 12.4 Å². The molecule has 0 radical (unpaired) electrons. The lowest BCUT2D eigenvalue weighted by Crippen LogP contribution is -2.15. The number of nitrogens with one attached hydrogen (secondary N) is 1. The number of hydrogen-bond acceptors (Lipinski definition) is 6. The first kappa shape index (κ1) is 18.7. The van der Waals surface area contributed by atoms with Gasteiger partial charge in [-0.3, -0.25) is 4.79 Å². The van der Waals surface area contributed by atoms with E-state index < -0.39 is 0 Å². The van der Waals surface area contributed by atoms with Crippen molar-refractivity contribution in [1.82, 2.24) is 10.2 Å². The topological polar surface area (TPSA) is 90.4 Å². The first-order valence-electron chi connectivity index (χ1n) is 9.20. The maximum absolute atomic E-state index is 12.8. The SMILES string of the molecule is COc1ccc(-c2nnc(C)o2)cc1NC(=O)Cc1coc2cc(C)cc(C)c12. The number of ether oxygens (including phenoxy) is 1. The number of methoxy groups -OCH3 is 1. The minimum absolute atomic E-state index is 0.176. The second-order valence-corrected chi connectivity index (χ2v) is 6.98. The highest BCUT2D eigenvalue weighted by Crippen LogP contribution is 2.31. The summed E-state index contributed by atoms with van der Waals surface area (Å²) >= 11 is 0. The van der Waals surface area contributed by atoms with E-state index in [1.807, 2.05) is 19.9 Å². The lowest BCUT2D eigenvalue weighted by Gasteiger charge is -2.11. The zero-order valence-electron chi connectivity index (χ0n) is 16.7. The smallest absolute Gasteiger partial charge is 0.247 e. The molecule has 1 amide bonds. The maximum Gasteiger partial charge on any atom is 0.247 e. The van der Waals surface area contributed by atoms with Crippen molar-refractivity contribution in [3.05, 3.63) is 59.2 Å². The third-order valence-corrected chi connectivity index (χ3v) is 4.69. The molecule has 0 bridgehead atoms. The average Bonchev–Trinajstić information content (AvgIpc) is 3.28. The second-order valence-electron chi connectivity index (χ2n) is 6.98. The zero-order valence-corrected chi connectivity index (χ0v) is 16.7. The van der Waals surface area contributed by atoms with E-state index in [9.17, 15) is 4.79 Å². The number of nitrogens with zero attached hydrogens (tertiary/aromatic N) is 2. The molecular weight excluding hydrogens is 370 g/mol. The molecule has 0 saturated heterocycles. The molecule has 0 aliphatic heterocycles. The van der Waals surface area contributed by atoms with Gasteiger partial charge in [0.15, 0.2) is 0 Å². The van der Waals surface area contributed by atoms with Crippen molar-refractivity contribution >= 4 is 22.6 Å². The Balaban J connectivity index is 1.60. The summed E-state index contributed by atoms with van der Waals surface area (Å²) in [5, 5.41) is 11.8. The van der Waals surface area contributed by atoms with Crippen LogP contribution in [0.4, 0.5) is 5.69 Å². The molecule has 1 N–H and O–H groups in total. The number of aromatic nitrogens is 2. The fourth-order valence-corrected chi connectivity index (χ4v) is 3.48. The molecule has 0 spiro atoms. The Morgan fingerprint density at radius 2 is 1.97 bits per heavy atom. The molecule has 7 heteroatoms. The number of benzene rings is 2. The molecule has 4 aromatic rings. The summed E-state index contributed by atoms with van der Waals surface area (Å²) in [5.41, 5.74) is 5.07. The van der Waals surface area contributed by atoms with E-state index in [2.05, 4.69) is 21.6 Å². The predicted molar refractivity (Wildman–Crippen MR) is 109 cm³/mol. The van der Waals surface area contributed by atoms with Crippen LogP contribution in [0.3, 0.4) is 0 Å². The first-order chi connectivity index (χ1) is 13.9. The van der Waals surface area contributed by atoms with Crippen molar-refractivity contribution in [2.45, 2.75) is 27.2 Å². The van der Waals surface area contributed by atoms with Crippen LogP contribution in [0, 0.1) is 20.8 Å². The molecule has 148 valence electrons. The van der Waals surface area contributed by atoms with E-state index >= 15 is 0 Å². The number of hydrogen-bond donors (Lipinski definition) is 1. The highest BCUT2D eigenvalue weighted by atomic mass is 16.5. The van der Waals surface area contributed by atoms with E-state index in [-0.39, 0.29) is 12.3 Å². The Morgan fingerprint density at radius 1 is 1.14 bits per heavy atom. The molecule has 2 aromatic carbocycles. The number of rotatable bonds is 5. The van der Waals surface area contributed by atoms with Crippen LogP contribution in [0.5, 0.6) is 5.75 Å². The van der Waals surface area contributed by atoms with E-state index in [0.29, 0.717) is 28.8 Å². The van der Waals surface area contributed by atoms with Crippen LogP contribution in [-0.4, -0.2) is 23.2 Å². The van der Waals surface area contributed by atoms with Crippen molar-refractivity contribution in [1.29, 1.82) is 0 Å². The number of carbonyl (C=O) groups excluding carboxylic acids is 1. The van der Waals surface area contributed by atoms with Crippen LogP contribution < -0.4 is 10.1 Å². The van der Waals surface area contributed by atoms with E-state index in [1.165, 1.54) is 0 Å². The molecule has 7 nitrogen and oxygen atoms in total. The van der Waals surface area contributed by atoms with E-state index in [1.54, 1.807) is 38.5 Å². The molecule has 4 rings (SSSR count). The third-order valence-electron chi connectivity index (χ3n) is 4.69. The number of amides is 1. The van der Waals surface area contributed by atoms with Crippen molar-refractivity contribution < 1.29 is 18.4 Å². The fourth-order valence-electron chi connectivity index (χ4n) is 3.48. The number of aryl methyl sites for hydroxylation is 3. The number of anilines is 1. The maximum atomic E-state index is 12.8. The molecule has 0 atom stereocenters. The summed E-state index contributed by atoms with van der Waals surface area (Å²) in [6.45, 7) is 5.76. The van der Waals surface area contributed by atoms with Gasteiger partial charge in [0, 0.05) is 23.4 Å².